The van der Waals surface area contributed by atoms with Gasteiger partial charge in [-0.3, -0.25) is 9.36 Å². The Hall–Kier alpha value is -5.41. The van der Waals surface area contributed by atoms with Crippen LogP contribution in [0.1, 0.15) is 11.7 Å². The molecule has 0 fully saturated rings. The van der Waals surface area contributed by atoms with Crippen LogP contribution < -0.4 is 0 Å². The van der Waals surface area contributed by atoms with E-state index in [1.54, 1.807) is 6.92 Å². The van der Waals surface area contributed by atoms with Crippen LogP contribution in [0.15, 0.2) is 140 Å². The van der Waals surface area contributed by atoms with Crippen molar-refractivity contribution in [1.29, 1.82) is 0 Å². The van der Waals surface area contributed by atoms with Gasteiger partial charge in [0, 0.05) is 34.2 Å². The van der Waals surface area contributed by atoms with Gasteiger partial charge < -0.3 is 4.57 Å². The van der Waals surface area contributed by atoms with Crippen LogP contribution in [0.2, 0.25) is 0 Å². The second-order valence-corrected chi connectivity index (χ2v) is 10.6. The van der Waals surface area contributed by atoms with Gasteiger partial charge in [0.1, 0.15) is 0 Å². The normalized spacial score (nSPS) is 11.6. The van der Waals surface area contributed by atoms with E-state index < -0.39 is 0 Å². The standard InChI is InChI=1S/C38H26N2O/c1-25(41)39-35-17-5-4-16-33(35)34-24-29(20-21-38(34)39)27-11-8-10-26(22-27)28-12-9-13-30(23-28)40-36-18-6-2-14-31(36)32-15-3-7-19-37(32)40/h2-24H,1H3. The van der Waals surface area contributed by atoms with Crippen LogP contribution in [-0.2, 0) is 0 Å². The van der Waals surface area contributed by atoms with E-state index in [-0.39, 0.29) is 5.91 Å². The van der Waals surface area contributed by atoms with Gasteiger partial charge in [-0.1, -0.05) is 91.0 Å². The Morgan fingerprint density at radius 2 is 0.927 bits per heavy atom. The largest absolute Gasteiger partial charge is 0.309 e. The van der Waals surface area contributed by atoms with Gasteiger partial charge in [0.2, 0.25) is 5.91 Å². The van der Waals surface area contributed by atoms with Crippen LogP contribution >= 0.6 is 0 Å². The molecule has 8 rings (SSSR count). The van der Waals surface area contributed by atoms with Crippen LogP contribution in [0.4, 0.5) is 0 Å². The predicted octanol–water partition coefficient (Wildman–Crippen LogP) is 9.89. The third-order valence-corrected chi connectivity index (χ3v) is 8.20. The molecule has 2 aromatic heterocycles. The first-order valence-corrected chi connectivity index (χ1v) is 13.9. The Labute approximate surface area is 237 Å². The third kappa shape index (κ3) is 3.63. The van der Waals surface area contributed by atoms with Crippen molar-refractivity contribution in [3.8, 4) is 27.9 Å². The fourth-order valence-electron chi connectivity index (χ4n) is 6.40. The first-order chi connectivity index (χ1) is 20.2. The molecule has 0 unspecified atom stereocenters. The van der Waals surface area contributed by atoms with Crippen LogP contribution in [0.3, 0.4) is 0 Å². The minimum Gasteiger partial charge on any atom is -0.309 e. The quantitative estimate of drug-likeness (QED) is 0.225. The molecular formula is C38H26N2O. The van der Waals surface area contributed by atoms with Gasteiger partial charge >= 0.3 is 0 Å². The summed E-state index contributed by atoms with van der Waals surface area (Å²) in [6.45, 7) is 1.62. The van der Waals surface area contributed by atoms with Crippen LogP contribution in [0, 0.1) is 0 Å². The van der Waals surface area contributed by atoms with E-state index >= 15 is 0 Å². The molecule has 0 saturated heterocycles. The molecule has 0 aliphatic heterocycles. The fourth-order valence-corrected chi connectivity index (χ4v) is 6.40. The van der Waals surface area contributed by atoms with Crippen LogP contribution in [0.5, 0.6) is 0 Å². The number of carbonyl (C=O) groups is 1. The van der Waals surface area contributed by atoms with E-state index in [1.165, 1.54) is 27.4 Å². The van der Waals surface area contributed by atoms with Crippen molar-refractivity contribution in [3.63, 3.8) is 0 Å². The molecule has 0 saturated carbocycles. The summed E-state index contributed by atoms with van der Waals surface area (Å²) in [7, 11) is 0. The zero-order valence-corrected chi connectivity index (χ0v) is 22.6. The number of hydrogen-bond donors (Lipinski definition) is 0. The summed E-state index contributed by atoms with van der Waals surface area (Å²) >= 11 is 0. The second-order valence-electron chi connectivity index (χ2n) is 10.6. The van der Waals surface area contributed by atoms with Gasteiger partial charge in [-0.15, -0.1) is 0 Å². The lowest BCUT2D eigenvalue weighted by Gasteiger charge is -2.11. The van der Waals surface area contributed by atoms with E-state index in [0.29, 0.717) is 0 Å². The number of hydrogen-bond acceptors (Lipinski definition) is 1. The second kappa shape index (κ2) is 9.07. The molecule has 0 bridgehead atoms. The van der Waals surface area contributed by atoms with E-state index in [2.05, 4.69) is 126 Å². The first-order valence-electron chi connectivity index (χ1n) is 13.9. The van der Waals surface area contributed by atoms with Gasteiger partial charge in [0.25, 0.3) is 0 Å². The van der Waals surface area contributed by atoms with E-state index in [1.807, 2.05) is 22.8 Å². The Kier molecular flexibility index (Phi) is 5.19. The average molecular weight is 527 g/mol. The highest BCUT2D eigenvalue weighted by Crippen LogP contribution is 2.36. The summed E-state index contributed by atoms with van der Waals surface area (Å²) in [4.78, 5) is 12.5. The monoisotopic (exact) mass is 526 g/mol. The highest BCUT2D eigenvalue weighted by molar-refractivity contribution is 6.14. The highest BCUT2D eigenvalue weighted by Gasteiger charge is 2.15. The molecule has 194 valence electrons. The summed E-state index contributed by atoms with van der Waals surface area (Å²) in [5.41, 5.74) is 10.0. The predicted molar refractivity (Wildman–Crippen MR) is 171 cm³/mol. The summed E-state index contributed by atoms with van der Waals surface area (Å²) in [5, 5.41) is 4.70. The van der Waals surface area contributed by atoms with Crippen LogP contribution in [0.25, 0.3) is 71.6 Å². The molecule has 0 N–H and O–H groups in total. The lowest BCUT2D eigenvalue weighted by atomic mass is 9.97. The molecule has 0 spiro atoms. The molecule has 2 heterocycles. The number of fused-ring (bicyclic) bond motifs is 6. The molecule has 41 heavy (non-hydrogen) atoms. The van der Waals surface area contributed by atoms with Gasteiger partial charge in [-0.25, -0.2) is 0 Å². The summed E-state index contributed by atoms with van der Waals surface area (Å²) in [6.07, 6.45) is 0. The van der Waals surface area contributed by atoms with E-state index in [4.69, 9.17) is 0 Å². The van der Waals surface area contributed by atoms with Gasteiger partial charge in [0.15, 0.2) is 0 Å². The topological polar surface area (TPSA) is 26.9 Å². The number of nitrogens with zero attached hydrogens (tertiary/aromatic N) is 2. The molecule has 0 aliphatic carbocycles. The Morgan fingerprint density at radius 3 is 1.56 bits per heavy atom. The van der Waals surface area contributed by atoms with Crippen molar-refractivity contribution in [1.82, 2.24) is 9.13 Å². The molecule has 6 aromatic carbocycles. The van der Waals surface area contributed by atoms with Gasteiger partial charge in [-0.2, -0.15) is 0 Å². The lowest BCUT2D eigenvalue weighted by Crippen LogP contribution is -2.04. The lowest BCUT2D eigenvalue weighted by molar-refractivity contribution is 0.0946. The number of benzene rings is 6. The SMILES string of the molecule is CC(=O)n1c2ccccc2c2cc(-c3cccc(-c4cccc(-n5c6ccccc6c6ccccc65)c4)c3)ccc21. The summed E-state index contributed by atoms with van der Waals surface area (Å²) in [5.74, 6) is 0.0223. The molecule has 8 aromatic rings. The van der Waals surface area contributed by atoms with Crippen molar-refractivity contribution in [3.05, 3.63) is 140 Å². The van der Waals surface area contributed by atoms with Crippen LogP contribution in [-0.4, -0.2) is 15.0 Å². The van der Waals surface area contributed by atoms with E-state index in [0.717, 1.165) is 44.2 Å². The smallest absolute Gasteiger partial charge is 0.228 e. The van der Waals surface area contributed by atoms with Crippen molar-refractivity contribution in [2.75, 3.05) is 0 Å². The maximum absolute atomic E-state index is 12.5. The fraction of sp³-hybridized carbons (Fsp3) is 0.0263. The van der Waals surface area contributed by atoms with E-state index in [9.17, 15) is 4.79 Å². The molecule has 0 radical (unpaired) electrons. The molecule has 0 aliphatic rings. The molecule has 0 amide bonds. The molecule has 3 heteroatoms. The number of rotatable bonds is 3. The molecule has 0 atom stereocenters. The number of carbonyl (C=O) groups excluding carboxylic acids is 1. The first kappa shape index (κ1) is 23.5. The maximum Gasteiger partial charge on any atom is 0.228 e. The van der Waals surface area contributed by atoms with Gasteiger partial charge in [0.05, 0.1) is 22.1 Å². The minimum absolute atomic E-state index is 0.0223. The van der Waals surface area contributed by atoms with Gasteiger partial charge in [-0.05, 0) is 70.8 Å². The Bertz CT molecular complexity index is 2250. The zero-order chi connectivity index (χ0) is 27.5. The minimum atomic E-state index is 0.0223. The molecular weight excluding hydrogens is 500 g/mol. The zero-order valence-electron chi connectivity index (χ0n) is 22.6. The summed E-state index contributed by atoms with van der Waals surface area (Å²) < 4.78 is 4.17. The van der Waals surface area contributed by atoms with Crippen molar-refractivity contribution >= 4 is 49.5 Å². The van der Waals surface area contributed by atoms with Crippen molar-refractivity contribution in [2.24, 2.45) is 0 Å². The number of para-hydroxylation sites is 3. The average Bonchev–Trinajstić information content (AvgIpc) is 3.54. The van der Waals surface area contributed by atoms with Crippen molar-refractivity contribution < 1.29 is 4.79 Å². The summed E-state index contributed by atoms with van der Waals surface area (Å²) in [6, 6.07) is 49.3. The van der Waals surface area contributed by atoms with Crippen molar-refractivity contribution in [2.45, 2.75) is 6.92 Å². The maximum atomic E-state index is 12.5. The number of aromatic nitrogens is 2. The Morgan fingerprint density at radius 1 is 0.439 bits per heavy atom. The third-order valence-electron chi connectivity index (χ3n) is 8.20. The molecule has 3 nitrogen and oxygen atoms in total. The Balaban J connectivity index is 1.25. The highest BCUT2D eigenvalue weighted by atomic mass is 16.1.